The van der Waals surface area contributed by atoms with Gasteiger partial charge in [-0.3, -0.25) is 9.59 Å². The molecule has 1 fully saturated rings. The zero-order valence-electron chi connectivity index (χ0n) is 22.7. The molecule has 0 radical (unpaired) electrons. The van der Waals surface area contributed by atoms with Crippen LogP contribution in [-0.4, -0.2) is 30.5 Å². The summed E-state index contributed by atoms with van der Waals surface area (Å²) in [6.07, 6.45) is 2.78. The average Bonchev–Trinajstić information content (AvgIpc) is 3.50. The number of primary amides is 1. The Morgan fingerprint density at radius 3 is 2.52 bits per heavy atom. The normalized spacial score (nSPS) is 16.9. The zero-order chi connectivity index (χ0) is 28.4. The third kappa shape index (κ3) is 6.02. The topological polar surface area (TPSA) is 121 Å². The Morgan fingerprint density at radius 2 is 1.85 bits per heavy atom. The van der Waals surface area contributed by atoms with E-state index in [0.717, 1.165) is 36.0 Å². The van der Waals surface area contributed by atoms with Crippen LogP contribution in [0.25, 0.3) is 22.1 Å². The fraction of sp³-hybridized carbons (Fsp3) is 0.312. The minimum atomic E-state index is -0.619. The Labute approximate surface area is 232 Å². The van der Waals surface area contributed by atoms with Crippen molar-refractivity contribution in [3.05, 3.63) is 88.9 Å². The lowest BCUT2D eigenvalue weighted by Gasteiger charge is -2.18. The maximum absolute atomic E-state index is 13.4. The first-order chi connectivity index (χ1) is 19.2. The summed E-state index contributed by atoms with van der Waals surface area (Å²) >= 11 is 0. The summed E-state index contributed by atoms with van der Waals surface area (Å²) in [5.41, 5.74) is 15.5. The van der Waals surface area contributed by atoms with Gasteiger partial charge in [0.25, 0.3) is 11.8 Å². The molecule has 208 valence electrons. The molecule has 5 N–H and O–H groups in total. The van der Waals surface area contributed by atoms with E-state index >= 15 is 0 Å². The van der Waals surface area contributed by atoms with Crippen LogP contribution in [0.3, 0.4) is 0 Å². The summed E-state index contributed by atoms with van der Waals surface area (Å²) in [4.78, 5) is 25.5. The highest BCUT2D eigenvalue weighted by Gasteiger charge is 2.25. The first-order valence-electron chi connectivity index (χ1n) is 13.6. The first kappa shape index (κ1) is 27.4. The highest BCUT2D eigenvalue weighted by molar-refractivity contribution is 6.07. The van der Waals surface area contributed by atoms with Gasteiger partial charge in [0.1, 0.15) is 29.0 Å². The number of ether oxygens (including phenoxy) is 1. The van der Waals surface area contributed by atoms with Gasteiger partial charge in [-0.05, 0) is 78.8 Å². The molecule has 1 aliphatic carbocycles. The van der Waals surface area contributed by atoms with Crippen LogP contribution in [0.1, 0.15) is 65.1 Å². The Kier molecular flexibility index (Phi) is 7.89. The maximum Gasteiger partial charge on any atom is 0.252 e. The van der Waals surface area contributed by atoms with Crippen molar-refractivity contribution in [3.8, 4) is 16.9 Å². The van der Waals surface area contributed by atoms with Crippen LogP contribution < -0.4 is 21.5 Å². The fourth-order valence-electron chi connectivity index (χ4n) is 5.16. The predicted octanol–water partition coefficient (Wildman–Crippen LogP) is 5.57. The van der Waals surface area contributed by atoms with E-state index in [2.05, 4.69) is 5.32 Å². The van der Waals surface area contributed by atoms with Crippen molar-refractivity contribution in [1.82, 2.24) is 5.32 Å². The van der Waals surface area contributed by atoms with Crippen molar-refractivity contribution in [2.45, 2.75) is 51.7 Å². The molecule has 1 aromatic heterocycles. The monoisotopic (exact) mass is 543 g/mol. The van der Waals surface area contributed by atoms with Gasteiger partial charge in [-0.2, -0.15) is 0 Å². The molecule has 1 aliphatic rings. The average molecular weight is 544 g/mol. The highest BCUT2D eigenvalue weighted by atomic mass is 19.1. The van der Waals surface area contributed by atoms with Crippen molar-refractivity contribution >= 4 is 22.8 Å². The van der Waals surface area contributed by atoms with Gasteiger partial charge < -0.3 is 25.9 Å². The molecule has 2 atom stereocenters. The predicted molar refractivity (Wildman–Crippen MR) is 153 cm³/mol. The number of halogens is 1. The van der Waals surface area contributed by atoms with Crippen LogP contribution in [0.2, 0.25) is 0 Å². The number of hydrogen-bond acceptors (Lipinski definition) is 5. The molecule has 0 bridgehead atoms. The molecule has 0 aliphatic heterocycles. The van der Waals surface area contributed by atoms with Crippen LogP contribution >= 0.6 is 0 Å². The SMILES string of the molecule is CC(C)CNC(=O)c1ccc(OC2CCC(N)C2)c(-c2ccc3oc(Cc4ccc(F)cc4)c(C(N)=O)c3c2)c1. The van der Waals surface area contributed by atoms with Gasteiger partial charge in [0.05, 0.1) is 5.56 Å². The smallest absolute Gasteiger partial charge is 0.252 e. The van der Waals surface area contributed by atoms with Crippen molar-refractivity contribution in [2.75, 3.05) is 6.54 Å². The quantitative estimate of drug-likeness (QED) is 0.255. The van der Waals surface area contributed by atoms with Crippen molar-refractivity contribution in [3.63, 3.8) is 0 Å². The third-order valence-electron chi connectivity index (χ3n) is 7.23. The molecule has 4 aromatic rings. The van der Waals surface area contributed by atoms with E-state index in [1.54, 1.807) is 24.3 Å². The molecule has 0 spiro atoms. The number of benzene rings is 3. The van der Waals surface area contributed by atoms with Crippen LogP contribution in [0, 0.1) is 11.7 Å². The number of fused-ring (bicyclic) bond motifs is 1. The molecule has 8 heteroatoms. The van der Waals surface area contributed by atoms with E-state index in [1.807, 2.05) is 38.1 Å². The maximum atomic E-state index is 13.4. The van der Waals surface area contributed by atoms with Crippen LogP contribution in [0.5, 0.6) is 5.75 Å². The third-order valence-corrected chi connectivity index (χ3v) is 7.23. The molecule has 3 aromatic carbocycles. The second-order valence-corrected chi connectivity index (χ2v) is 10.9. The van der Waals surface area contributed by atoms with E-state index in [9.17, 15) is 14.0 Å². The lowest BCUT2D eigenvalue weighted by Crippen LogP contribution is -2.27. The van der Waals surface area contributed by atoms with E-state index in [0.29, 0.717) is 40.5 Å². The summed E-state index contributed by atoms with van der Waals surface area (Å²) in [5.74, 6) is 0.224. The lowest BCUT2D eigenvalue weighted by molar-refractivity contribution is 0.0947. The highest BCUT2D eigenvalue weighted by Crippen LogP contribution is 2.37. The zero-order valence-corrected chi connectivity index (χ0v) is 22.7. The van der Waals surface area contributed by atoms with E-state index in [1.165, 1.54) is 12.1 Å². The van der Waals surface area contributed by atoms with Gasteiger partial charge >= 0.3 is 0 Å². The van der Waals surface area contributed by atoms with Gasteiger partial charge in [-0.25, -0.2) is 4.39 Å². The summed E-state index contributed by atoms with van der Waals surface area (Å²) in [7, 11) is 0. The molecular weight excluding hydrogens is 509 g/mol. The molecule has 5 rings (SSSR count). The second kappa shape index (κ2) is 11.5. The van der Waals surface area contributed by atoms with Gasteiger partial charge in [0.2, 0.25) is 0 Å². The van der Waals surface area contributed by atoms with E-state index in [4.69, 9.17) is 20.6 Å². The molecule has 1 heterocycles. The standard InChI is InChI=1S/C32H34FN3O4/c1-18(2)17-36-32(38)21-6-12-27(39-24-10-9-23(34)16-24)25(15-21)20-5-11-28-26(14-20)30(31(35)37)29(40-28)13-19-3-7-22(33)8-4-19/h3-8,11-12,14-15,18,23-24H,9-10,13,16-17,34H2,1-2H3,(H2,35,37)(H,36,38). The molecule has 2 amide bonds. The second-order valence-electron chi connectivity index (χ2n) is 10.9. The minimum absolute atomic E-state index is 0.0180. The number of carbonyl (C=O) groups is 2. The van der Waals surface area contributed by atoms with Crippen LogP contribution in [-0.2, 0) is 6.42 Å². The number of hydrogen-bond donors (Lipinski definition) is 3. The fourth-order valence-corrected chi connectivity index (χ4v) is 5.16. The van der Waals surface area contributed by atoms with Crippen molar-refractivity contribution in [1.29, 1.82) is 0 Å². The molecule has 2 unspecified atom stereocenters. The minimum Gasteiger partial charge on any atom is -0.490 e. The van der Waals surface area contributed by atoms with Crippen molar-refractivity contribution in [2.24, 2.45) is 17.4 Å². The Morgan fingerprint density at radius 1 is 1.07 bits per heavy atom. The summed E-state index contributed by atoms with van der Waals surface area (Å²) in [6, 6.07) is 17.0. The van der Waals surface area contributed by atoms with Gasteiger partial charge in [-0.15, -0.1) is 0 Å². The summed E-state index contributed by atoms with van der Waals surface area (Å²) in [5, 5.41) is 3.52. The Hall–Kier alpha value is -4.17. The largest absolute Gasteiger partial charge is 0.490 e. The number of furan rings is 1. The van der Waals surface area contributed by atoms with Gasteiger partial charge in [0, 0.05) is 35.5 Å². The molecule has 0 saturated heterocycles. The molecular formula is C32H34FN3O4. The molecule has 1 saturated carbocycles. The van der Waals surface area contributed by atoms with Gasteiger partial charge in [-0.1, -0.05) is 32.0 Å². The number of carbonyl (C=O) groups excluding carboxylic acids is 2. The Balaban J connectivity index is 1.56. The summed E-state index contributed by atoms with van der Waals surface area (Å²) in [6.45, 7) is 4.64. The number of nitrogens with one attached hydrogen (secondary N) is 1. The lowest BCUT2D eigenvalue weighted by atomic mass is 9.98. The van der Waals surface area contributed by atoms with Crippen LogP contribution in [0.15, 0.2) is 65.1 Å². The number of rotatable bonds is 9. The van der Waals surface area contributed by atoms with Crippen molar-refractivity contribution < 1.29 is 23.1 Å². The summed E-state index contributed by atoms with van der Waals surface area (Å²) < 4.78 is 25.8. The number of amides is 2. The van der Waals surface area contributed by atoms with Crippen LogP contribution in [0.4, 0.5) is 4.39 Å². The number of nitrogens with two attached hydrogens (primary N) is 2. The van der Waals surface area contributed by atoms with E-state index < -0.39 is 5.91 Å². The first-order valence-corrected chi connectivity index (χ1v) is 13.6. The van der Waals surface area contributed by atoms with E-state index in [-0.39, 0.29) is 35.9 Å². The molecule has 40 heavy (non-hydrogen) atoms. The van der Waals surface area contributed by atoms with Gasteiger partial charge in [0.15, 0.2) is 0 Å². The molecule has 7 nitrogen and oxygen atoms in total. The Bertz CT molecular complexity index is 1540.